The van der Waals surface area contributed by atoms with Crippen LogP contribution in [0.25, 0.3) is 10.9 Å². The Hall–Kier alpha value is -1.49. The molecule has 0 radical (unpaired) electrons. The molecular weight excluding hydrogens is 262 g/mol. The monoisotopic (exact) mass is 287 g/mol. The average molecular weight is 287 g/mol. The first-order valence-electron chi connectivity index (χ1n) is 7.50. The van der Waals surface area contributed by atoms with Crippen LogP contribution in [0.3, 0.4) is 0 Å². The van der Waals surface area contributed by atoms with Gasteiger partial charge in [0.25, 0.3) is 0 Å². The first kappa shape index (κ1) is 15.9. The van der Waals surface area contributed by atoms with Crippen molar-refractivity contribution >= 4 is 10.9 Å². The summed E-state index contributed by atoms with van der Waals surface area (Å²) in [5.74, 6) is 0. The van der Waals surface area contributed by atoms with E-state index in [-0.39, 0.29) is 6.04 Å². The van der Waals surface area contributed by atoms with Crippen molar-refractivity contribution in [2.75, 3.05) is 33.4 Å². The van der Waals surface area contributed by atoms with Gasteiger partial charge in [0.1, 0.15) is 0 Å². The quantitative estimate of drug-likeness (QED) is 0.850. The summed E-state index contributed by atoms with van der Waals surface area (Å²) in [4.78, 5) is 6.91. The molecule has 0 amide bonds. The highest BCUT2D eigenvalue weighted by molar-refractivity contribution is 5.79. The standard InChI is InChI=1S/C17H25N3O/c1-4-20(9-10-21-3)17(12-18)15-7-8-16-14(11-15)6-5-13(2)19-16/h5-8,11,17H,4,9-10,12,18H2,1-3H3. The summed E-state index contributed by atoms with van der Waals surface area (Å²) in [5.41, 5.74) is 9.35. The van der Waals surface area contributed by atoms with E-state index in [0.717, 1.165) is 30.9 Å². The van der Waals surface area contributed by atoms with Crippen molar-refractivity contribution in [3.05, 3.63) is 41.6 Å². The Morgan fingerprint density at radius 3 is 2.76 bits per heavy atom. The molecule has 0 fully saturated rings. The van der Waals surface area contributed by atoms with Crippen LogP contribution in [0.5, 0.6) is 0 Å². The second-order valence-electron chi connectivity index (χ2n) is 5.28. The number of aromatic nitrogens is 1. The van der Waals surface area contributed by atoms with Gasteiger partial charge in [0.2, 0.25) is 0 Å². The van der Waals surface area contributed by atoms with Crippen LogP contribution in [0, 0.1) is 6.92 Å². The van der Waals surface area contributed by atoms with Gasteiger partial charge in [-0.25, -0.2) is 0 Å². The topological polar surface area (TPSA) is 51.4 Å². The van der Waals surface area contributed by atoms with Crippen LogP contribution < -0.4 is 5.73 Å². The molecule has 1 aromatic heterocycles. The van der Waals surface area contributed by atoms with Crippen molar-refractivity contribution in [2.24, 2.45) is 5.73 Å². The summed E-state index contributed by atoms with van der Waals surface area (Å²) in [6, 6.07) is 10.8. The van der Waals surface area contributed by atoms with E-state index >= 15 is 0 Å². The molecule has 2 aromatic rings. The molecule has 0 aliphatic carbocycles. The number of aryl methyl sites for hydroxylation is 1. The summed E-state index contributed by atoms with van der Waals surface area (Å²) in [7, 11) is 1.73. The van der Waals surface area contributed by atoms with E-state index in [0.29, 0.717) is 6.54 Å². The highest BCUT2D eigenvalue weighted by Gasteiger charge is 2.17. The van der Waals surface area contributed by atoms with Crippen molar-refractivity contribution < 1.29 is 4.74 Å². The van der Waals surface area contributed by atoms with Gasteiger partial charge in [0.05, 0.1) is 12.1 Å². The average Bonchev–Trinajstić information content (AvgIpc) is 2.51. The molecule has 2 rings (SSSR count). The Morgan fingerprint density at radius 2 is 2.10 bits per heavy atom. The SMILES string of the molecule is CCN(CCOC)C(CN)c1ccc2nc(C)ccc2c1. The van der Waals surface area contributed by atoms with Gasteiger partial charge in [-0.1, -0.05) is 19.1 Å². The Morgan fingerprint density at radius 1 is 1.29 bits per heavy atom. The molecule has 2 N–H and O–H groups in total. The van der Waals surface area contributed by atoms with Crippen LogP contribution in [0.15, 0.2) is 30.3 Å². The van der Waals surface area contributed by atoms with Gasteiger partial charge in [-0.15, -0.1) is 0 Å². The Bertz CT molecular complexity index is 585. The Balaban J connectivity index is 2.30. The first-order chi connectivity index (χ1) is 10.2. The molecule has 0 saturated carbocycles. The molecule has 0 aliphatic heterocycles. The first-order valence-corrected chi connectivity index (χ1v) is 7.50. The second kappa shape index (κ2) is 7.50. The van der Waals surface area contributed by atoms with Crippen LogP contribution in [0.2, 0.25) is 0 Å². The van der Waals surface area contributed by atoms with Crippen LogP contribution in [-0.2, 0) is 4.74 Å². The number of pyridine rings is 1. The zero-order chi connectivity index (χ0) is 15.2. The van der Waals surface area contributed by atoms with Crippen molar-refractivity contribution in [1.29, 1.82) is 0 Å². The lowest BCUT2D eigenvalue weighted by Crippen LogP contribution is -2.36. The molecule has 4 heteroatoms. The number of nitrogens with zero attached hydrogens (tertiary/aromatic N) is 2. The van der Waals surface area contributed by atoms with Crippen molar-refractivity contribution in [3.63, 3.8) is 0 Å². The summed E-state index contributed by atoms with van der Waals surface area (Å²) in [5, 5.41) is 1.17. The maximum atomic E-state index is 6.02. The zero-order valence-corrected chi connectivity index (χ0v) is 13.2. The lowest BCUT2D eigenvalue weighted by Gasteiger charge is -2.30. The summed E-state index contributed by atoms with van der Waals surface area (Å²) in [6.45, 7) is 7.33. The fourth-order valence-corrected chi connectivity index (χ4v) is 2.69. The molecule has 1 aromatic carbocycles. The minimum Gasteiger partial charge on any atom is -0.383 e. The van der Waals surface area contributed by atoms with E-state index in [1.54, 1.807) is 7.11 Å². The Labute approximate surface area is 126 Å². The third-order valence-electron chi connectivity index (χ3n) is 3.89. The second-order valence-corrected chi connectivity index (χ2v) is 5.28. The molecule has 1 unspecified atom stereocenters. The van der Waals surface area contributed by atoms with Gasteiger partial charge in [-0.3, -0.25) is 9.88 Å². The van der Waals surface area contributed by atoms with Crippen LogP contribution in [0.1, 0.15) is 24.2 Å². The minimum atomic E-state index is 0.218. The summed E-state index contributed by atoms with van der Waals surface area (Å²) >= 11 is 0. The number of hydrogen-bond acceptors (Lipinski definition) is 4. The number of hydrogen-bond donors (Lipinski definition) is 1. The third-order valence-corrected chi connectivity index (χ3v) is 3.89. The van der Waals surface area contributed by atoms with Gasteiger partial charge >= 0.3 is 0 Å². The minimum absolute atomic E-state index is 0.218. The molecule has 0 saturated heterocycles. The van der Waals surface area contributed by atoms with Crippen LogP contribution in [-0.4, -0.2) is 43.2 Å². The summed E-state index contributed by atoms with van der Waals surface area (Å²) < 4.78 is 5.20. The van der Waals surface area contributed by atoms with Crippen LogP contribution >= 0.6 is 0 Å². The van der Waals surface area contributed by atoms with E-state index < -0.39 is 0 Å². The largest absolute Gasteiger partial charge is 0.383 e. The molecule has 114 valence electrons. The number of nitrogens with two attached hydrogens (primary N) is 1. The number of likely N-dealkylation sites (N-methyl/N-ethyl adjacent to an activating group) is 1. The number of rotatable bonds is 7. The van der Waals surface area contributed by atoms with Crippen molar-refractivity contribution in [3.8, 4) is 0 Å². The lowest BCUT2D eigenvalue weighted by atomic mass is 10.0. The fourth-order valence-electron chi connectivity index (χ4n) is 2.69. The molecule has 1 atom stereocenters. The number of methoxy groups -OCH3 is 1. The third kappa shape index (κ3) is 3.79. The molecule has 4 nitrogen and oxygen atoms in total. The number of ether oxygens (including phenoxy) is 1. The maximum absolute atomic E-state index is 6.02. The molecular formula is C17H25N3O. The zero-order valence-electron chi connectivity index (χ0n) is 13.2. The molecule has 21 heavy (non-hydrogen) atoms. The van der Waals surface area contributed by atoms with E-state index in [1.165, 1.54) is 10.9 Å². The predicted octanol–water partition coefficient (Wildman–Crippen LogP) is 2.51. The van der Waals surface area contributed by atoms with E-state index in [9.17, 15) is 0 Å². The van der Waals surface area contributed by atoms with Gasteiger partial charge in [0.15, 0.2) is 0 Å². The molecule has 0 bridgehead atoms. The van der Waals surface area contributed by atoms with Gasteiger partial charge in [-0.05, 0) is 37.2 Å². The Kier molecular flexibility index (Phi) is 5.67. The fraction of sp³-hybridized carbons (Fsp3) is 0.471. The van der Waals surface area contributed by atoms with E-state index in [2.05, 4.69) is 41.1 Å². The highest BCUT2D eigenvalue weighted by atomic mass is 16.5. The predicted molar refractivity (Wildman–Crippen MR) is 87.4 cm³/mol. The van der Waals surface area contributed by atoms with Gasteiger partial charge in [-0.2, -0.15) is 0 Å². The summed E-state index contributed by atoms with van der Waals surface area (Å²) in [6.07, 6.45) is 0. The molecule has 0 spiro atoms. The molecule has 1 heterocycles. The van der Waals surface area contributed by atoms with E-state index in [1.807, 2.05) is 13.0 Å². The van der Waals surface area contributed by atoms with Gasteiger partial charge < -0.3 is 10.5 Å². The molecule has 0 aliphatic rings. The number of benzene rings is 1. The van der Waals surface area contributed by atoms with Crippen molar-refractivity contribution in [2.45, 2.75) is 19.9 Å². The van der Waals surface area contributed by atoms with Gasteiger partial charge in [0, 0.05) is 37.3 Å². The van der Waals surface area contributed by atoms with E-state index in [4.69, 9.17) is 10.5 Å². The van der Waals surface area contributed by atoms with Crippen LogP contribution in [0.4, 0.5) is 0 Å². The van der Waals surface area contributed by atoms with Crippen molar-refractivity contribution in [1.82, 2.24) is 9.88 Å². The smallest absolute Gasteiger partial charge is 0.0705 e. The number of fused-ring (bicyclic) bond motifs is 1. The maximum Gasteiger partial charge on any atom is 0.0705 e. The lowest BCUT2D eigenvalue weighted by molar-refractivity contribution is 0.126. The normalized spacial score (nSPS) is 13.0. The highest BCUT2D eigenvalue weighted by Crippen LogP contribution is 2.23.